The molecule has 238 valence electrons. The third kappa shape index (κ3) is 8.86. The van der Waals surface area contributed by atoms with Crippen molar-refractivity contribution in [1.29, 1.82) is 0 Å². The molecule has 19 nitrogen and oxygen atoms in total. The van der Waals surface area contributed by atoms with Crippen LogP contribution >= 0.6 is 0 Å². The average Bonchev–Trinajstić information content (AvgIpc) is 2.99. The van der Waals surface area contributed by atoms with Crippen molar-refractivity contribution in [2.75, 3.05) is 17.7 Å². The molecule has 3 heterocycles. The molecule has 1 aromatic carbocycles. The number of ether oxygens (including phenoxy) is 1. The molecule has 0 radical (unpaired) electrons. The molecule has 44 heavy (non-hydrogen) atoms. The van der Waals surface area contributed by atoms with Gasteiger partial charge in [0.15, 0.2) is 17.5 Å². The zero-order chi connectivity index (χ0) is 32.6. The molecule has 1 saturated heterocycles. The highest BCUT2D eigenvalue weighted by Gasteiger charge is 2.41. The summed E-state index contributed by atoms with van der Waals surface area (Å²) in [6.07, 6.45) is -4.01. The summed E-state index contributed by atoms with van der Waals surface area (Å²) in [5.74, 6) is -3.16. The fourth-order valence-corrected chi connectivity index (χ4v) is 3.87. The molecule has 6 atom stereocenters. The molecule has 2 aromatic heterocycles. The summed E-state index contributed by atoms with van der Waals surface area (Å²) in [6.45, 7) is -0.240. The zero-order valence-electron chi connectivity index (χ0n) is 22.9. The number of carboxylic acids is 2. The van der Waals surface area contributed by atoms with E-state index < -0.39 is 66.7 Å². The predicted octanol–water partition coefficient (Wildman–Crippen LogP) is -3.30. The van der Waals surface area contributed by atoms with E-state index >= 15 is 0 Å². The van der Waals surface area contributed by atoms with Crippen LogP contribution in [0, 0.1) is 0 Å². The second-order valence-electron chi connectivity index (χ2n) is 9.52. The molecule has 4 rings (SSSR count). The van der Waals surface area contributed by atoms with Crippen LogP contribution in [0.3, 0.4) is 0 Å². The second-order valence-corrected chi connectivity index (χ2v) is 9.52. The van der Waals surface area contributed by atoms with Crippen molar-refractivity contribution in [1.82, 2.24) is 25.3 Å². The van der Waals surface area contributed by atoms with Crippen LogP contribution in [-0.2, 0) is 20.9 Å². The summed E-state index contributed by atoms with van der Waals surface area (Å²) >= 11 is 0. The van der Waals surface area contributed by atoms with E-state index in [9.17, 15) is 29.4 Å². The first-order chi connectivity index (χ1) is 20.8. The van der Waals surface area contributed by atoms with Crippen molar-refractivity contribution < 1.29 is 49.8 Å². The number of benzene rings is 1. The number of fused-ring (bicyclic) bond motifs is 1. The third-order valence-corrected chi connectivity index (χ3v) is 6.31. The van der Waals surface area contributed by atoms with Gasteiger partial charge in [-0.05, 0) is 30.7 Å². The maximum Gasteiger partial charge on any atom is 0.326 e. The molecule has 0 aliphatic carbocycles. The number of hydrogen-bond donors (Lipinski definition) is 11. The third-order valence-electron chi connectivity index (χ3n) is 6.31. The van der Waals surface area contributed by atoms with Crippen molar-refractivity contribution in [3.63, 3.8) is 0 Å². The molecule has 3 aromatic rings. The number of aromatic nitrogens is 4. The van der Waals surface area contributed by atoms with Crippen LogP contribution in [0.2, 0.25) is 0 Å². The molecular formula is C25H32N8O11. The number of nitrogens with zero attached hydrogens (tertiary/aromatic N) is 3. The van der Waals surface area contributed by atoms with E-state index in [0.29, 0.717) is 11.4 Å². The highest BCUT2D eigenvalue weighted by Crippen LogP contribution is 2.18. The fourth-order valence-electron chi connectivity index (χ4n) is 3.87. The minimum Gasteiger partial charge on any atom is -0.481 e. The Labute approximate surface area is 247 Å². The van der Waals surface area contributed by atoms with Crippen molar-refractivity contribution in [3.05, 3.63) is 52.1 Å². The van der Waals surface area contributed by atoms with Gasteiger partial charge in [-0.3, -0.25) is 19.4 Å². The van der Waals surface area contributed by atoms with E-state index in [1.165, 1.54) is 18.3 Å². The normalized spacial score (nSPS) is 21.9. The summed E-state index contributed by atoms with van der Waals surface area (Å²) in [5.41, 5.74) is 11.7. The van der Waals surface area contributed by atoms with E-state index in [4.69, 9.17) is 36.6 Å². The molecule has 1 aliphatic rings. The number of amides is 1. The zero-order valence-corrected chi connectivity index (χ0v) is 22.9. The fraction of sp³-hybridized carbons (Fsp3) is 0.400. The average molecular weight is 621 g/mol. The summed E-state index contributed by atoms with van der Waals surface area (Å²) in [4.78, 5) is 60.6. The highest BCUT2D eigenvalue weighted by molar-refractivity contribution is 5.96. The molecule has 1 aliphatic heterocycles. The Kier molecular flexibility index (Phi) is 11.6. The van der Waals surface area contributed by atoms with Crippen LogP contribution < -0.4 is 27.7 Å². The van der Waals surface area contributed by atoms with Gasteiger partial charge in [0.2, 0.25) is 5.95 Å². The molecule has 19 heteroatoms. The van der Waals surface area contributed by atoms with Gasteiger partial charge in [0, 0.05) is 17.7 Å². The van der Waals surface area contributed by atoms with Gasteiger partial charge in [-0.25, -0.2) is 14.8 Å². The lowest BCUT2D eigenvalue weighted by atomic mass is 9.98. The molecule has 1 fully saturated rings. The number of aliphatic hydroxyl groups excluding tert-OH is 4. The van der Waals surface area contributed by atoms with Gasteiger partial charge < -0.3 is 57.5 Å². The quantitative estimate of drug-likeness (QED) is 0.106. The summed E-state index contributed by atoms with van der Waals surface area (Å²) < 4.78 is 4.70. The second kappa shape index (κ2) is 15.1. The van der Waals surface area contributed by atoms with Gasteiger partial charge in [-0.15, -0.1) is 0 Å². The van der Waals surface area contributed by atoms with Gasteiger partial charge >= 0.3 is 11.9 Å². The number of nitrogen functional groups attached to an aromatic ring is 1. The van der Waals surface area contributed by atoms with Gasteiger partial charge in [-0.2, -0.15) is 4.98 Å². The van der Waals surface area contributed by atoms with Crippen LogP contribution in [-0.4, -0.2) is 112 Å². The van der Waals surface area contributed by atoms with Crippen molar-refractivity contribution in [2.45, 2.75) is 56.1 Å². The smallest absolute Gasteiger partial charge is 0.326 e. The van der Waals surface area contributed by atoms with Gasteiger partial charge in [0.1, 0.15) is 24.4 Å². The molecule has 0 spiro atoms. The van der Waals surface area contributed by atoms with E-state index in [0.717, 1.165) is 0 Å². The molecular weight excluding hydrogens is 588 g/mol. The number of aromatic amines is 1. The lowest BCUT2D eigenvalue weighted by Crippen LogP contribution is -2.61. The minimum atomic E-state index is -1.35. The van der Waals surface area contributed by atoms with Crippen LogP contribution in [0.1, 0.15) is 28.9 Å². The van der Waals surface area contributed by atoms with E-state index in [1.54, 1.807) is 12.1 Å². The van der Waals surface area contributed by atoms with Crippen molar-refractivity contribution in [3.8, 4) is 0 Å². The number of carbonyl (C=O) groups is 3. The number of carboxylic acid groups (broad SMARTS) is 2. The first-order valence-corrected chi connectivity index (χ1v) is 13.0. The largest absolute Gasteiger partial charge is 0.481 e. The Morgan fingerprint density at radius 2 is 1.75 bits per heavy atom. The number of aliphatic hydroxyl groups is 4. The predicted molar refractivity (Wildman–Crippen MR) is 150 cm³/mol. The maximum absolute atomic E-state index is 12.3. The Morgan fingerprint density at radius 3 is 2.36 bits per heavy atom. The van der Waals surface area contributed by atoms with Crippen molar-refractivity contribution >= 4 is 40.6 Å². The van der Waals surface area contributed by atoms with Gasteiger partial charge in [-0.1, -0.05) is 0 Å². The monoisotopic (exact) mass is 620 g/mol. The Morgan fingerprint density at radius 1 is 1.07 bits per heavy atom. The Bertz CT molecular complexity index is 1520. The number of carbonyl (C=O) groups excluding carboxylic acids is 1. The Hall–Kier alpha value is -4.79. The number of nitrogens with one attached hydrogen (secondary N) is 3. The number of rotatable bonds is 10. The first-order valence-electron chi connectivity index (χ1n) is 13.0. The lowest BCUT2D eigenvalue weighted by molar-refractivity contribution is -0.248. The van der Waals surface area contributed by atoms with Crippen LogP contribution in [0.25, 0.3) is 11.2 Å². The van der Waals surface area contributed by atoms with Gasteiger partial charge in [0.05, 0.1) is 31.1 Å². The van der Waals surface area contributed by atoms with E-state index in [1.807, 2.05) is 0 Å². The van der Waals surface area contributed by atoms with Gasteiger partial charge in [0.25, 0.3) is 11.5 Å². The first kappa shape index (κ1) is 33.7. The number of H-pyrrole nitrogens is 1. The molecule has 1 unspecified atom stereocenters. The van der Waals surface area contributed by atoms with Crippen LogP contribution in [0.5, 0.6) is 0 Å². The summed E-state index contributed by atoms with van der Waals surface area (Å²) in [6, 6.07) is 3.82. The van der Waals surface area contributed by atoms with Crippen molar-refractivity contribution in [2.24, 2.45) is 5.73 Å². The van der Waals surface area contributed by atoms with E-state index in [-0.39, 0.29) is 42.1 Å². The number of hydrogen-bond acceptors (Lipinski definition) is 15. The number of aliphatic carboxylic acids is 2. The molecule has 1 amide bonds. The minimum absolute atomic E-state index is 0.0524. The number of nitrogens with two attached hydrogens (primary N) is 2. The molecule has 0 bridgehead atoms. The van der Waals surface area contributed by atoms with Crippen LogP contribution in [0.15, 0.2) is 35.3 Å². The molecule has 13 N–H and O–H groups in total. The SMILES string of the molecule is N[C@H]1C(O)O[C@H](CO)[C@@H](O)[C@@H]1O.Nc1nc2ncc(CNc3ccc(C(=O)N[C@@H](CCC(=O)O)C(=O)O)cc3)nc2c(=O)[nH]1. The standard InChI is InChI=1S/C19H19N7O6.C6H13NO5/c20-19-25-15-14(17(30)26-19)23-11(8-22-15)7-21-10-3-1-9(2-4-10)16(29)24-12(18(31)32)5-6-13(27)28;7-3-5(10)4(9)2(1-8)12-6(3)11/h1-4,8,12,21H,5-7H2,(H,24,29)(H,27,28)(H,31,32)(H3,20,22,25,26,30);2-6,8-11H,1,7H2/t12-;2-,3-,4-,5-,6?/m01/s1. The lowest BCUT2D eigenvalue weighted by Gasteiger charge is -2.38. The summed E-state index contributed by atoms with van der Waals surface area (Å²) in [5, 5.41) is 59.3. The topological polar surface area (TPSA) is 329 Å². The molecule has 0 saturated carbocycles. The highest BCUT2D eigenvalue weighted by atomic mass is 16.6. The summed E-state index contributed by atoms with van der Waals surface area (Å²) in [7, 11) is 0. The van der Waals surface area contributed by atoms with E-state index in [2.05, 4.69) is 30.6 Å². The maximum atomic E-state index is 12.3. The Balaban J connectivity index is 0.000000369. The number of anilines is 2. The van der Waals surface area contributed by atoms with Crippen LogP contribution in [0.4, 0.5) is 11.6 Å².